The Morgan fingerprint density at radius 3 is 2.73 bits per heavy atom. The molecular formula is C11H13N3O. The Hall–Kier alpha value is -1.76. The smallest absolute Gasteiger partial charge is 0.162 e. The predicted molar refractivity (Wildman–Crippen MR) is 56.9 cm³/mol. The van der Waals surface area contributed by atoms with Gasteiger partial charge < -0.3 is 9.64 Å². The standard InChI is InChI=1S/C11H13N3O/c1-14(2)11-8(5-12)6-13-7-10(11)15-9-3-4-9/h6-7,9H,3-4H2,1-2H3. The highest BCUT2D eigenvalue weighted by molar-refractivity contribution is 5.65. The van der Waals surface area contributed by atoms with E-state index in [0.717, 1.165) is 18.5 Å². The zero-order valence-electron chi connectivity index (χ0n) is 8.90. The van der Waals surface area contributed by atoms with Crippen molar-refractivity contribution < 1.29 is 4.74 Å². The van der Waals surface area contributed by atoms with E-state index < -0.39 is 0 Å². The van der Waals surface area contributed by atoms with E-state index in [2.05, 4.69) is 11.1 Å². The molecule has 15 heavy (non-hydrogen) atoms. The fourth-order valence-electron chi connectivity index (χ4n) is 1.43. The summed E-state index contributed by atoms with van der Waals surface area (Å²) in [6, 6.07) is 2.13. The maximum atomic E-state index is 8.97. The molecular weight excluding hydrogens is 190 g/mol. The third-order valence-corrected chi connectivity index (χ3v) is 2.27. The summed E-state index contributed by atoms with van der Waals surface area (Å²) in [5.41, 5.74) is 1.37. The zero-order valence-corrected chi connectivity index (χ0v) is 8.90. The average molecular weight is 203 g/mol. The Labute approximate surface area is 89.1 Å². The molecule has 78 valence electrons. The molecule has 0 spiro atoms. The quantitative estimate of drug-likeness (QED) is 0.748. The highest BCUT2D eigenvalue weighted by Crippen LogP contribution is 2.34. The van der Waals surface area contributed by atoms with Crippen LogP contribution < -0.4 is 9.64 Å². The van der Waals surface area contributed by atoms with Gasteiger partial charge in [0.25, 0.3) is 0 Å². The molecule has 1 aliphatic carbocycles. The van der Waals surface area contributed by atoms with Gasteiger partial charge in [0.05, 0.1) is 17.9 Å². The minimum absolute atomic E-state index is 0.319. The van der Waals surface area contributed by atoms with Gasteiger partial charge in [0.2, 0.25) is 0 Å². The number of aromatic nitrogens is 1. The summed E-state index contributed by atoms with van der Waals surface area (Å²) in [6.07, 6.45) is 5.76. The van der Waals surface area contributed by atoms with E-state index in [1.807, 2.05) is 19.0 Å². The highest BCUT2D eigenvalue weighted by atomic mass is 16.5. The summed E-state index contributed by atoms with van der Waals surface area (Å²) in [4.78, 5) is 5.89. The molecule has 0 radical (unpaired) electrons. The van der Waals surface area contributed by atoms with Crippen LogP contribution in [0.5, 0.6) is 5.75 Å². The number of ether oxygens (including phenoxy) is 1. The highest BCUT2D eigenvalue weighted by Gasteiger charge is 2.25. The molecule has 1 aromatic rings. The van der Waals surface area contributed by atoms with Crippen molar-refractivity contribution in [1.29, 1.82) is 5.26 Å². The predicted octanol–water partition coefficient (Wildman–Crippen LogP) is 1.56. The average Bonchev–Trinajstić information content (AvgIpc) is 3.01. The van der Waals surface area contributed by atoms with Crippen LogP contribution in [0.1, 0.15) is 18.4 Å². The molecule has 1 heterocycles. The minimum Gasteiger partial charge on any atom is -0.487 e. The Balaban J connectivity index is 2.38. The lowest BCUT2D eigenvalue weighted by atomic mass is 10.2. The Morgan fingerprint density at radius 1 is 1.47 bits per heavy atom. The summed E-state index contributed by atoms with van der Waals surface area (Å²) >= 11 is 0. The second-order valence-electron chi connectivity index (χ2n) is 3.86. The molecule has 1 aliphatic rings. The van der Waals surface area contributed by atoms with Crippen molar-refractivity contribution in [2.45, 2.75) is 18.9 Å². The summed E-state index contributed by atoms with van der Waals surface area (Å²) in [5, 5.41) is 8.97. The van der Waals surface area contributed by atoms with Crippen LogP contribution in [0.15, 0.2) is 12.4 Å². The molecule has 0 atom stereocenters. The van der Waals surface area contributed by atoms with Crippen molar-refractivity contribution >= 4 is 5.69 Å². The first-order chi connectivity index (χ1) is 7.22. The van der Waals surface area contributed by atoms with Crippen LogP contribution in [0, 0.1) is 11.3 Å². The van der Waals surface area contributed by atoms with Crippen molar-refractivity contribution in [3.05, 3.63) is 18.0 Å². The molecule has 1 saturated carbocycles. The number of hydrogen-bond acceptors (Lipinski definition) is 4. The number of pyridine rings is 1. The third kappa shape index (κ3) is 2.01. The third-order valence-electron chi connectivity index (χ3n) is 2.27. The maximum absolute atomic E-state index is 8.97. The molecule has 0 amide bonds. The molecule has 0 bridgehead atoms. The van der Waals surface area contributed by atoms with Gasteiger partial charge in [-0.3, -0.25) is 4.98 Å². The van der Waals surface area contributed by atoms with Gasteiger partial charge in [0.1, 0.15) is 11.8 Å². The zero-order chi connectivity index (χ0) is 10.8. The number of nitriles is 1. The SMILES string of the molecule is CN(C)c1c(C#N)cncc1OC1CC1. The van der Waals surface area contributed by atoms with Crippen LogP contribution in [0.25, 0.3) is 0 Å². The summed E-state index contributed by atoms with van der Waals surface area (Å²) < 4.78 is 5.70. The topological polar surface area (TPSA) is 49.2 Å². The molecule has 0 aliphatic heterocycles. The fourth-order valence-corrected chi connectivity index (χ4v) is 1.43. The number of anilines is 1. The minimum atomic E-state index is 0.319. The van der Waals surface area contributed by atoms with E-state index in [4.69, 9.17) is 10.00 Å². The van der Waals surface area contributed by atoms with Gasteiger partial charge in [0.15, 0.2) is 5.75 Å². The molecule has 2 rings (SSSR count). The molecule has 4 nitrogen and oxygen atoms in total. The van der Waals surface area contributed by atoms with E-state index in [0.29, 0.717) is 17.4 Å². The van der Waals surface area contributed by atoms with Crippen LogP contribution in [-0.2, 0) is 0 Å². The first-order valence-corrected chi connectivity index (χ1v) is 4.94. The number of rotatable bonds is 3. The monoisotopic (exact) mass is 203 g/mol. The molecule has 0 N–H and O–H groups in total. The fraction of sp³-hybridized carbons (Fsp3) is 0.455. The summed E-state index contributed by atoms with van der Waals surface area (Å²) in [5.74, 6) is 0.710. The van der Waals surface area contributed by atoms with Crippen molar-refractivity contribution in [3.8, 4) is 11.8 Å². The van der Waals surface area contributed by atoms with Crippen molar-refractivity contribution in [1.82, 2.24) is 4.98 Å². The Bertz CT molecular complexity index is 405. The Kier molecular flexibility index (Phi) is 2.46. The van der Waals surface area contributed by atoms with E-state index in [9.17, 15) is 0 Å². The molecule has 0 aromatic carbocycles. The lowest BCUT2D eigenvalue weighted by Gasteiger charge is -2.18. The van der Waals surface area contributed by atoms with Gasteiger partial charge in [-0.1, -0.05) is 0 Å². The molecule has 1 aromatic heterocycles. The largest absolute Gasteiger partial charge is 0.487 e. The van der Waals surface area contributed by atoms with Crippen LogP contribution in [0.3, 0.4) is 0 Å². The normalized spacial score (nSPS) is 14.5. The second kappa shape index (κ2) is 3.77. The van der Waals surface area contributed by atoms with Gasteiger partial charge in [0, 0.05) is 20.3 Å². The molecule has 0 saturated heterocycles. The van der Waals surface area contributed by atoms with E-state index in [1.165, 1.54) is 0 Å². The number of nitrogens with zero attached hydrogens (tertiary/aromatic N) is 3. The van der Waals surface area contributed by atoms with Crippen molar-refractivity contribution in [3.63, 3.8) is 0 Å². The van der Waals surface area contributed by atoms with E-state index >= 15 is 0 Å². The van der Waals surface area contributed by atoms with Gasteiger partial charge in [-0.2, -0.15) is 5.26 Å². The van der Waals surface area contributed by atoms with Crippen LogP contribution in [0.4, 0.5) is 5.69 Å². The van der Waals surface area contributed by atoms with Crippen LogP contribution in [0.2, 0.25) is 0 Å². The van der Waals surface area contributed by atoms with Crippen LogP contribution >= 0.6 is 0 Å². The summed E-state index contributed by atoms with van der Waals surface area (Å²) in [7, 11) is 3.80. The maximum Gasteiger partial charge on any atom is 0.162 e. The van der Waals surface area contributed by atoms with Gasteiger partial charge in [-0.25, -0.2) is 0 Å². The lowest BCUT2D eigenvalue weighted by molar-refractivity contribution is 0.302. The number of hydrogen-bond donors (Lipinski definition) is 0. The van der Waals surface area contributed by atoms with Gasteiger partial charge in [-0.15, -0.1) is 0 Å². The first-order valence-electron chi connectivity index (χ1n) is 4.94. The van der Waals surface area contributed by atoms with Crippen molar-refractivity contribution in [2.24, 2.45) is 0 Å². The van der Waals surface area contributed by atoms with Crippen molar-refractivity contribution in [2.75, 3.05) is 19.0 Å². The molecule has 1 fully saturated rings. The second-order valence-corrected chi connectivity index (χ2v) is 3.86. The first kappa shape index (κ1) is 9.78. The lowest BCUT2D eigenvalue weighted by Crippen LogP contribution is -2.13. The van der Waals surface area contributed by atoms with Gasteiger partial charge >= 0.3 is 0 Å². The Morgan fingerprint density at radius 2 is 2.20 bits per heavy atom. The summed E-state index contributed by atoms with van der Waals surface area (Å²) in [6.45, 7) is 0. The van der Waals surface area contributed by atoms with Gasteiger partial charge in [-0.05, 0) is 12.8 Å². The van der Waals surface area contributed by atoms with E-state index in [1.54, 1.807) is 12.4 Å². The van der Waals surface area contributed by atoms with E-state index in [-0.39, 0.29) is 0 Å². The van der Waals surface area contributed by atoms with Crippen LogP contribution in [-0.4, -0.2) is 25.2 Å². The molecule has 4 heteroatoms. The molecule has 0 unspecified atom stereocenters.